The van der Waals surface area contributed by atoms with Gasteiger partial charge in [-0.25, -0.2) is 4.79 Å². The fourth-order valence-corrected chi connectivity index (χ4v) is 2.68. The molecule has 1 aliphatic heterocycles. The van der Waals surface area contributed by atoms with Crippen molar-refractivity contribution in [1.82, 2.24) is 10.2 Å². The van der Waals surface area contributed by atoms with Crippen molar-refractivity contribution >= 4 is 12.0 Å². The average molecular weight is 282 g/mol. The lowest BCUT2D eigenvalue weighted by Gasteiger charge is -2.28. The molecule has 6 nitrogen and oxygen atoms in total. The zero-order chi connectivity index (χ0) is 14.5. The molecule has 0 saturated carbocycles. The monoisotopic (exact) mass is 282 g/mol. The van der Waals surface area contributed by atoms with Crippen LogP contribution in [0.3, 0.4) is 0 Å². The fourth-order valence-electron chi connectivity index (χ4n) is 2.68. The van der Waals surface area contributed by atoms with Crippen molar-refractivity contribution in [2.24, 2.45) is 11.8 Å². The molecule has 1 saturated heterocycles. The second-order valence-electron chi connectivity index (χ2n) is 5.59. The third-order valence-electron chi connectivity index (χ3n) is 3.84. The summed E-state index contributed by atoms with van der Waals surface area (Å²) in [7, 11) is 1.76. The molecule has 2 rings (SSSR count). The first kappa shape index (κ1) is 14.8. The molecule has 1 fully saturated rings. The standard InChI is InChI=1S/C14H22N2O4/c1-16(8-10-3-2-6-20-9-10)14(19)15-12-5-4-11(7-12)13(17)18/h4-5,10-12H,2-3,6-9H2,1H3,(H,15,19)(H,17,18). The highest BCUT2D eigenvalue weighted by Crippen LogP contribution is 2.18. The normalized spacial score (nSPS) is 29.1. The number of carbonyl (C=O) groups excluding carboxylic acids is 1. The van der Waals surface area contributed by atoms with Crippen LogP contribution in [-0.2, 0) is 9.53 Å². The molecule has 6 heteroatoms. The number of hydrogen-bond donors (Lipinski definition) is 2. The number of nitrogens with zero attached hydrogens (tertiary/aromatic N) is 1. The molecule has 0 aromatic carbocycles. The van der Waals surface area contributed by atoms with E-state index >= 15 is 0 Å². The average Bonchev–Trinajstić information content (AvgIpc) is 2.88. The van der Waals surface area contributed by atoms with Crippen molar-refractivity contribution in [3.05, 3.63) is 12.2 Å². The van der Waals surface area contributed by atoms with E-state index in [2.05, 4.69) is 5.32 Å². The van der Waals surface area contributed by atoms with Gasteiger partial charge in [-0.05, 0) is 19.3 Å². The SMILES string of the molecule is CN(CC1CCCOC1)C(=O)NC1C=CC(C(=O)O)C1. The van der Waals surface area contributed by atoms with E-state index in [1.807, 2.05) is 0 Å². The van der Waals surface area contributed by atoms with E-state index in [-0.39, 0.29) is 12.1 Å². The van der Waals surface area contributed by atoms with Crippen molar-refractivity contribution in [2.75, 3.05) is 26.8 Å². The minimum absolute atomic E-state index is 0.156. The molecule has 1 aliphatic carbocycles. The van der Waals surface area contributed by atoms with Crippen molar-refractivity contribution in [3.63, 3.8) is 0 Å². The van der Waals surface area contributed by atoms with Crippen LogP contribution < -0.4 is 5.32 Å². The second kappa shape index (κ2) is 6.74. The summed E-state index contributed by atoms with van der Waals surface area (Å²) in [6, 6.07) is -0.343. The predicted octanol–water partition coefficient (Wildman–Crippen LogP) is 1.08. The van der Waals surface area contributed by atoms with Gasteiger partial charge in [0, 0.05) is 26.1 Å². The van der Waals surface area contributed by atoms with Crippen LogP contribution in [0, 0.1) is 11.8 Å². The van der Waals surface area contributed by atoms with E-state index in [1.54, 1.807) is 24.1 Å². The van der Waals surface area contributed by atoms with Crippen LogP contribution in [0.15, 0.2) is 12.2 Å². The maximum Gasteiger partial charge on any atom is 0.317 e. The summed E-state index contributed by atoms with van der Waals surface area (Å²) in [6.45, 7) is 2.20. The number of aliphatic carboxylic acids is 1. The summed E-state index contributed by atoms with van der Waals surface area (Å²) >= 11 is 0. The molecule has 0 aromatic rings. The van der Waals surface area contributed by atoms with Gasteiger partial charge in [0.25, 0.3) is 0 Å². The third kappa shape index (κ3) is 3.96. The largest absolute Gasteiger partial charge is 0.481 e. The summed E-state index contributed by atoms with van der Waals surface area (Å²) in [6.07, 6.45) is 5.96. The van der Waals surface area contributed by atoms with Crippen LogP contribution in [-0.4, -0.2) is 54.9 Å². The lowest BCUT2D eigenvalue weighted by Crippen LogP contribution is -2.44. The summed E-state index contributed by atoms with van der Waals surface area (Å²) in [4.78, 5) is 24.5. The second-order valence-corrected chi connectivity index (χ2v) is 5.59. The molecule has 0 aromatic heterocycles. The highest BCUT2D eigenvalue weighted by atomic mass is 16.5. The number of rotatable bonds is 4. The van der Waals surface area contributed by atoms with Gasteiger partial charge < -0.3 is 20.1 Å². The topological polar surface area (TPSA) is 78.9 Å². The zero-order valence-electron chi connectivity index (χ0n) is 11.7. The van der Waals surface area contributed by atoms with Gasteiger partial charge in [-0.2, -0.15) is 0 Å². The highest BCUT2D eigenvalue weighted by molar-refractivity contribution is 5.76. The minimum Gasteiger partial charge on any atom is -0.481 e. The quantitative estimate of drug-likeness (QED) is 0.756. The van der Waals surface area contributed by atoms with Crippen LogP contribution in [0.4, 0.5) is 4.79 Å². The number of hydrogen-bond acceptors (Lipinski definition) is 3. The van der Waals surface area contributed by atoms with Gasteiger partial charge in [0.2, 0.25) is 0 Å². The van der Waals surface area contributed by atoms with E-state index in [1.165, 1.54) is 0 Å². The first-order valence-corrected chi connectivity index (χ1v) is 7.06. The van der Waals surface area contributed by atoms with Gasteiger partial charge in [-0.15, -0.1) is 0 Å². The Morgan fingerprint density at radius 1 is 1.45 bits per heavy atom. The van der Waals surface area contributed by atoms with Crippen LogP contribution >= 0.6 is 0 Å². The van der Waals surface area contributed by atoms with Gasteiger partial charge in [0.1, 0.15) is 0 Å². The molecule has 1 heterocycles. The number of carboxylic acids is 1. The summed E-state index contributed by atoms with van der Waals surface area (Å²) in [5.74, 6) is -0.937. The van der Waals surface area contributed by atoms with Crippen LogP contribution in [0.25, 0.3) is 0 Å². The number of urea groups is 1. The van der Waals surface area contributed by atoms with Crippen molar-refractivity contribution in [2.45, 2.75) is 25.3 Å². The fraction of sp³-hybridized carbons (Fsp3) is 0.714. The van der Waals surface area contributed by atoms with Crippen molar-refractivity contribution in [3.8, 4) is 0 Å². The molecule has 0 radical (unpaired) electrons. The lowest BCUT2D eigenvalue weighted by atomic mass is 10.0. The Labute approximate surface area is 118 Å². The van der Waals surface area contributed by atoms with E-state index < -0.39 is 11.9 Å². The van der Waals surface area contributed by atoms with E-state index in [9.17, 15) is 9.59 Å². The van der Waals surface area contributed by atoms with Crippen molar-refractivity contribution < 1.29 is 19.4 Å². The third-order valence-corrected chi connectivity index (χ3v) is 3.84. The molecule has 20 heavy (non-hydrogen) atoms. The van der Waals surface area contributed by atoms with Crippen LogP contribution in [0.5, 0.6) is 0 Å². The van der Waals surface area contributed by atoms with E-state index in [0.29, 0.717) is 25.5 Å². The molecule has 2 aliphatic rings. The number of carbonyl (C=O) groups is 2. The van der Waals surface area contributed by atoms with E-state index in [0.717, 1.165) is 19.4 Å². The number of amides is 2. The molecule has 0 bridgehead atoms. The van der Waals surface area contributed by atoms with Gasteiger partial charge in [-0.1, -0.05) is 12.2 Å². The Bertz CT molecular complexity index is 391. The van der Waals surface area contributed by atoms with E-state index in [4.69, 9.17) is 9.84 Å². The first-order chi connectivity index (χ1) is 9.56. The van der Waals surface area contributed by atoms with Gasteiger partial charge in [0.05, 0.1) is 18.6 Å². The number of nitrogens with one attached hydrogen (secondary N) is 1. The smallest absolute Gasteiger partial charge is 0.317 e. The highest BCUT2D eigenvalue weighted by Gasteiger charge is 2.26. The van der Waals surface area contributed by atoms with Gasteiger partial charge >= 0.3 is 12.0 Å². The van der Waals surface area contributed by atoms with Gasteiger partial charge in [-0.3, -0.25) is 4.79 Å². The minimum atomic E-state index is -0.842. The lowest BCUT2D eigenvalue weighted by molar-refractivity contribution is -0.140. The molecule has 2 N–H and O–H groups in total. The molecule has 3 unspecified atom stereocenters. The first-order valence-electron chi connectivity index (χ1n) is 7.06. The molecule has 112 valence electrons. The Morgan fingerprint density at radius 2 is 2.25 bits per heavy atom. The molecule has 0 spiro atoms. The van der Waals surface area contributed by atoms with Gasteiger partial charge in [0.15, 0.2) is 0 Å². The summed E-state index contributed by atoms with van der Waals surface area (Å²) in [5.41, 5.74) is 0. The van der Waals surface area contributed by atoms with Crippen LogP contribution in [0.1, 0.15) is 19.3 Å². The molecular formula is C14H22N2O4. The molecule has 3 atom stereocenters. The molecule has 2 amide bonds. The maximum atomic E-state index is 12.0. The van der Waals surface area contributed by atoms with Crippen molar-refractivity contribution in [1.29, 1.82) is 0 Å². The molecular weight excluding hydrogens is 260 g/mol. The Morgan fingerprint density at radius 3 is 2.85 bits per heavy atom. The number of ether oxygens (including phenoxy) is 1. The Kier molecular flexibility index (Phi) is 5.00. The Balaban J connectivity index is 1.74. The zero-order valence-corrected chi connectivity index (χ0v) is 11.7. The van der Waals surface area contributed by atoms with Crippen LogP contribution in [0.2, 0.25) is 0 Å². The summed E-state index contributed by atoms with van der Waals surface area (Å²) in [5, 5.41) is 11.8. The number of carboxylic acid groups (broad SMARTS) is 1. The Hall–Kier alpha value is -1.56. The predicted molar refractivity (Wildman–Crippen MR) is 73.4 cm³/mol. The summed E-state index contributed by atoms with van der Waals surface area (Å²) < 4.78 is 5.40. The maximum absolute atomic E-state index is 12.0.